The molecule has 1 aromatic heterocycles. The van der Waals surface area contributed by atoms with E-state index in [1.807, 2.05) is 6.07 Å². The molecule has 0 radical (unpaired) electrons. The van der Waals surface area contributed by atoms with Gasteiger partial charge in [-0.05, 0) is 18.6 Å². The summed E-state index contributed by atoms with van der Waals surface area (Å²) in [6.45, 7) is -0.0180. The molecule has 20 heavy (non-hydrogen) atoms. The topological polar surface area (TPSA) is 68.9 Å². The van der Waals surface area contributed by atoms with Crippen LogP contribution in [0.5, 0.6) is 0 Å². The monoisotopic (exact) mass is 283 g/mol. The zero-order valence-electron chi connectivity index (χ0n) is 10.4. The Labute approximate surface area is 113 Å². The van der Waals surface area contributed by atoms with E-state index in [9.17, 15) is 13.2 Å². The predicted octanol–water partition coefficient (Wildman–Crippen LogP) is 2.32. The number of rotatable bonds is 3. The van der Waals surface area contributed by atoms with Gasteiger partial charge in [0.2, 0.25) is 0 Å². The lowest BCUT2D eigenvalue weighted by Gasteiger charge is -2.15. The molecule has 0 bridgehead atoms. The van der Waals surface area contributed by atoms with Crippen molar-refractivity contribution in [1.82, 2.24) is 4.98 Å². The molecule has 0 aliphatic heterocycles. The van der Waals surface area contributed by atoms with Gasteiger partial charge < -0.3 is 10.4 Å². The normalized spacial score (nSPS) is 21.8. The molecule has 106 valence electrons. The SMILES string of the molecule is N#Cc1ccc(C(F)(F)F)nc1N[C@@H]1C=C[C@H](CO)C1. The first-order chi connectivity index (χ1) is 9.44. The van der Waals surface area contributed by atoms with Gasteiger partial charge in [-0.15, -0.1) is 0 Å². The lowest BCUT2D eigenvalue weighted by atomic mass is 10.1. The van der Waals surface area contributed by atoms with Crippen LogP contribution in [-0.4, -0.2) is 22.7 Å². The van der Waals surface area contributed by atoms with Crippen molar-refractivity contribution in [2.24, 2.45) is 5.92 Å². The summed E-state index contributed by atoms with van der Waals surface area (Å²) in [7, 11) is 0. The van der Waals surface area contributed by atoms with Crippen LogP contribution >= 0.6 is 0 Å². The maximum absolute atomic E-state index is 12.6. The van der Waals surface area contributed by atoms with Crippen molar-refractivity contribution < 1.29 is 18.3 Å². The summed E-state index contributed by atoms with van der Waals surface area (Å²) >= 11 is 0. The third kappa shape index (κ3) is 3.08. The highest BCUT2D eigenvalue weighted by Crippen LogP contribution is 2.30. The number of aliphatic hydroxyl groups excluding tert-OH is 1. The molecular weight excluding hydrogens is 271 g/mol. The van der Waals surface area contributed by atoms with E-state index in [2.05, 4.69) is 10.3 Å². The number of nitriles is 1. The second kappa shape index (κ2) is 5.51. The number of pyridine rings is 1. The van der Waals surface area contributed by atoms with Gasteiger partial charge >= 0.3 is 6.18 Å². The third-order valence-electron chi connectivity index (χ3n) is 3.04. The van der Waals surface area contributed by atoms with E-state index >= 15 is 0 Å². The summed E-state index contributed by atoms with van der Waals surface area (Å²) < 4.78 is 37.8. The van der Waals surface area contributed by atoms with Gasteiger partial charge in [-0.2, -0.15) is 18.4 Å². The van der Waals surface area contributed by atoms with Gasteiger partial charge in [0, 0.05) is 18.6 Å². The fraction of sp³-hybridized carbons (Fsp3) is 0.385. The van der Waals surface area contributed by atoms with Crippen LogP contribution in [0.1, 0.15) is 17.7 Å². The Morgan fingerprint density at radius 3 is 2.70 bits per heavy atom. The van der Waals surface area contributed by atoms with Crippen molar-refractivity contribution in [3.8, 4) is 6.07 Å². The largest absolute Gasteiger partial charge is 0.433 e. The fourth-order valence-corrected chi connectivity index (χ4v) is 2.01. The standard InChI is InChI=1S/C13H12F3N3O/c14-13(15,16)11-4-2-9(6-17)12(19-11)18-10-3-1-8(5-10)7-20/h1-4,8,10,20H,5,7H2,(H,18,19)/t8-,10+/m0/s1. The van der Waals surface area contributed by atoms with E-state index in [0.717, 1.165) is 12.1 Å². The predicted molar refractivity (Wildman–Crippen MR) is 65.7 cm³/mol. The molecule has 0 saturated carbocycles. The average Bonchev–Trinajstić information content (AvgIpc) is 2.85. The maximum atomic E-state index is 12.6. The van der Waals surface area contributed by atoms with Crippen molar-refractivity contribution in [3.05, 3.63) is 35.5 Å². The second-order valence-corrected chi connectivity index (χ2v) is 4.52. The van der Waals surface area contributed by atoms with Crippen molar-refractivity contribution >= 4 is 5.82 Å². The first-order valence-corrected chi connectivity index (χ1v) is 5.98. The van der Waals surface area contributed by atoms with Crippen LogP contribution < -0.4 is 5.32 Å². The van der Waals surface area contributed by atoms with E-state index in [0.29, 0.717) is 6.42 Å². The molecule has 2 atom stereocenters. The number of aromatic nitrogens is 1. The highest BCUT2D eigenvalue weighted by Gasteiger charge is 2.33. The Hall–Kier alpha value is -2.07. The second-order valence-electron chi connectivity index (χ2n) is 4.52. The first-order valence-electron chi connectivity index (χ1n) is 5.98. The van der Waals surface area contributed by atoms with Gasteiger partial charge in [0.15, 0.2) is 0 Å². The van der Waals surface area contributed by atoms with Gasteiger partial charge in [-0.25, -0.2) is 4.98 Å². The zero-order chi connectivity index (χ0) is 14.8. The molecule has 1 aliphatic rings. The molecule has 0 fully saturated rings. The molecule has 1 heterocycles. The number of nitrogens with zero attached hydrogens (tertiary/aromatic N) is 2. The van der Waals surface area contributed by atoms with Gasteiger partial charge in [-0.3, -0.25) is 0 Å². The molecular formula is C13H12F3N3O. The molecule has 4 nitrogen and oxygen atoms in total. The summed E-state index contributed by atoms with van der Waals surface area (Å²) in [5.74, 6) is -0.112. The highest BCUT2D eigenvalue weighted by molar-refractivity contribution is 5.53. The van der Waals surface area contributed by atoms with E-state index in [-0.39, 0.29) is 29.9 Å². The lowest BCUT2D eigenvalue weighted by Crippen LogP contribution is -2.19. The summed E-state index contributed by atoms with van der Waals surface area (Å²) in [6.07, 6.45) is -0.454. The quantitative estimate of drug-likeness (QED) is 0.835. The van der Waals surface area contributed by atoms with E-state index in [4.69, 9.17) is 10.4 Å². The molecule has 1 aliphatic carbocycles. The summed E-state index contributed by atoms with van der Waals surface area (Å²) in [4.78, 5) is 3.47. The van der Waals surface area contributed by atoms with E-state index in [1.54, 1.807) is 12.2 Å². The van der Waals surface area contributed by atoms with Crippen LogP contribution in [0.25, 0.3) is 0 Å². The van der Waals surface area contributed by atoms with Crippen molar-refractivity contribution in [2.75, 3.05) is 11.9 Å². The van der Waals surface area contributed by atoms with Crippen LogP contribution in [0.2, 0.25) is 0 Å². The minimum Gasteiger partial charge on any atom is -0.396 e. The van der Waals surface area contributed by atoms with Crippen LogP contribution in [-0.2, 0) is 6.18 Å². The number of anilines is 1. The van der Waals surface area contributed by atoms with E-state index in [1.165, 1.54) is 0 Å². The summed E-state index contributed by atoms with van der Waals surface area (Å²) in [6, 6.07) is 3.45. The number of hydrogen-bond acceptors (Lipinski definition) is 4. The average molecular weight is 283 g/mol. The summed E-state index contributed by atoms with van der Waals surface area (Å²) in [5.41, 5.74) is -0.987. The molecule has 0 unspecified atom stereocenters. The van der Waals surface area contributed by atoms with Crippen molar-refractivity contribution in [2.45, 2.75) is 18.6 Å². The Morgan fingerprint density at radius 1 is 1.40 bits per heavy atom. The number of hydrogen-bond donors (Lipinski definition) is 2. The Bertz CT molecular complexity index is 563. The Kier molecular flexibility index (Phi) is 3.95. The fourth-order valence-electron chi connectivity index (χ4n) is 2.01. The zero-order valence-corrected chi connectivity index (χ0v) is 10.4. The van der Waals surface area contributed by atoms with Gasteiger partial charge in [0.25, 0.3) is 0 Å². The van der Waals surface area contributed by atoms with Gasteiger partial charge in [0.05, 0.1) is 5.56 Å². The smallest absolute Gasteiger partial charge is 0.396 e. The molecule has 7 heteroatoms. The summed E-state index contributed by atoms with van der Waals surface area (Å²) in [5, 5.41) is 20.7. The number of alkyl halides is 3. The minimum absolute atomic E-state index is 0.0180. The Balaban J connectivity index is 2.22. The van der Waals surface area contributed by atoms with Crippen LogP contribution in [0.15, 0.2) is 24.3 Å². The molecule has 0 saturated heterocycles. The number of halogens is 3. The molecule has 0 spiro atoms. The van der Waals surface area contributed by atoms with Crippen molar-refractivity contribution in [3.63, 3.8) is 0 Å². The van der Waals surface area contributed by atoms with Gasteiger partial charge in [-0.1, -0.05) is 12.2 Å². The molecule has 0 aromatic carbocycles. The lowest BCUT2D eigenvalue weighted by molar-refractivity contribution is -0.141. The van der Waals surface area contributed by atoms with Crippen LogP contribution in [0.4, 0.5) is 19.0 Å². The first kappa shape index (κ1) is 14.3. The molecule has 0 amide bonds. The van der Waals surface area contributed by atoms with Crippen molar-refractivity contribution in [1.29, 1.82) is 5.26 Å². The highest BCUT2D eigenvalue weighted by atomic mass is 19.4. The third-order valence-corrected chi connectivity index (χ3v) is 3.04. The molecule has 1 aromatic rings. The van der Waals surface area contributed by atoms with Crippen LogP contribution in [0, 0.1) is 17.2 Å². The Morgan fingerprint density at radius 2 is 2.15 bits per heavy atom. The van der Waals surface area contributed by atoms with Crippen LogP contribution in [0.3, 0.4) is 0 Å². The maximum Gasteiger partial charge on any atom is 0.433 e. The molecule has 2 N–H and O–H groups in total. The van der Waals surface area contributed by atoms with E-state index < -0.39 is 11.9 Å². The molecule has 2 rings (SSSR count). The minimum atomic E-state index is -4.55. The number of aliphatic hydroxyl groups is 1. The van der Waals surface area contributed by atoms with Gasteiger partial charge in [0.1, 0.15) is 17.6 Å². The number of nitrogens with one attached hydrogen (secondary N) is 1.